The first-order valence-electron chi connectivity index (χ1n) is 6.54. The molecule has 0 heterocycles. The summed E-state index contributed by atoms with van der Waals surface area (Å²) in [6, 6.07) is 10.7. The molecule has 0 aromatic heterocycles. The van der Waals surface area contributed by atoms with Gasteiger partial charge in [-0.3, -0.25) is 0 Å². The van der Waals surface area contributed by atoms with Crippen LogP contribution in [0.25, 0.3) is 0 Å². The molecule has 0 fully saturated rings. The van der Waals surface area contributed by atoms with Crippen molar-refractivity contribution in [1.29, 1.82) is 0 Å². The molecule has 0 unspecified atom stereocenters. The van der Waals surface area contributed by atoms with Crippen LogP contribution in [0.1, 0.15) is 27.8 Å². The third-order valence-corrected chi connectivity index (χ3v) is 4.19. The summed E-state index contributed by atoms with van der Waals surface area (Å²) in [5, 5.41) is 0.787. The van der Waals surface area contributed by atoms with Crippen molar-refractivity contribution in [3.05, 3.63) is 62.6 Å². The summed E-state index contributed by atoms with van der Waals surface area (Å²) in [4.78, 5) is 0. The summed E-state index contributed by atoms with van der Waals surface area (Å²) in [7, 11) is 0. The molecule has 2 aromatic rings. The van der Waals surface area contributed by atoms with E-state index in [9.17, 15) is 0 Å². The predicted octanol–water partition coefficient (Wildman–Crippen LogP) is 5.85. The van der Waals surface area contributed by atoms with Crippen LogP contribution in [0.5, 0.6) is 5.75 Å². The SMILES string of the molecule is Cc1cc(C)cc(COc2c(C)cc(Br)cc2CBr)c1. The van der Waals surface area contributed by atoms with Gasteiger partial charge in [-0.05, 0) is 44.0 Å². The first kappa shape index (κ1) is 15.6. The number of hydrogen-bond donors (Lipinski definition) is 0. The number of rotatable bonds is 4. The highest BCUT2D eigenvalue weighted by atomic mass is 79.9. The molecule has 3 heteroatoms. The van der Waals surface area contributed by atoms with Gasteiger partial charge in [-0.2, -0.15) is 0 Å². The maximum atomic E-state index is 6.06. The zero-order valence-electron chi connectivity index (χ0n) is 12.0. The van der Waals surface area contributed by atoms with Gasteiger partial charge < -0.3 is 4.74 Å². The third-order valence-electron chi connectivity index (χ3n) is 3.12. The Morgan fingerprint density at radius 2 is 1.60 bits per heavy atom. The van der Waals surface area contributed by atoms with Crippen LogP contribution in [0.3, 0.4) is 0 Å². The maximum absolute atomic E-state index is 6.06. The first-order valence-corrected chi connectivity index (χ1v) is 8.46. The minimum Gasteiger partial charge on any atom is -0.488 e. The van der Waals surface area contributed by atoms with Gasteiger partial charge in [-0.25, -0.2) is 0 Å². The van der Waals surface area contributed by atoms with Gasteiger partial charge in [0.1, 0.15) is 12.4 Å². The van der Waals surface area contributed by atoms with E-state index in [4.69, 9.17) is 4.74 Å². The Hall–Kier alpha value is -0.800. The fraction of sp³-hybridized carbons (Fsp3) is 0.294. The van der Waals surface area contributed by atoms with E-state index < -0.39 is 0 Å². The molecule has 20 heavy (non-hydrogen) atoms. The second-order valence-corrected chi connectivity index (χ2v) is 6.61. The smallest absolute Gasteiger partial charge is 0.126 e. The van der Waals surface area contributed by atoms with Crippen LogP contribution >= 0.6 is 31.9 Å². The standard InChI is InChI=1S/C17H18Br2O/c1-11-4-12(2)6-14(5-11)10-20-17-13(3)7-16(19)8-15(17)9-18/h4-8H,9-10H2,1-3H3. The number of ether oxygens (including phenoxy) is 1. The maximum Gasteiger partial charge on any atom is 0.126 e. The molecule has 0 radical (unpaired) electrons. The molecule has 0 atom stereocenters. The lowest BCUT2D eigenvalue weighted by Gasteiger charge is -2.14. The second-order valence-electron chi connectivity index (χ2n) is 5.13. The number of benzene rings is 2. The van der Waals surface area contributed by atoms with Crippen molar-refractivity contribution in [3.63, 3.8) is 0 Å². The van der Waals surface area contributed by atoms with Gasteiger partial charge in [0.2, 0.25) is 0 Å². The Bertz CT molecular complexity index is 600. The lowest BCUT2D eigenvalue weighted by Crippen LogP contribution is -2.01. The van der Waals surface area contributed by atoms with E-state index in [1.54, 1.807) is 0 Å². The van der Waals surface area contributed by atoms with Crippen LogP contribution in [-0.2, 0) is 11.9 Å². The van der Waals surface area contributed by atoms with Crippen molar-refractivity contribution >= 4 is 31.9 Å². The van der Waals surface area contributed by atoms with E-state index in [2.05, 4.69) is 83.0 Å². The van der Waals surface area contributed by atoms with Crippen molar-refractivity contribution < 1.29 is 4.74 Å². The van der Waals surface area contributed by atoms with Gasteiger partial charge in [0, 0.05) is 15.4 Å². The molecular formula is C17H18Br2O. The third kappa shape index (κ3) is 3.86. The van der Waals surface area contributed by atoms with Gasteiger partial charge in [-0.1, -0.05) is 61.2 Å². The summed E-state index contributed by atoms with van der Waals surface area (Å²) in [5.41, 5.74) is 6.08. The molecule has 0 aliphatic rings. The summed E-state index contributed by atoms with van der Waals surface area (Å²) in [6.07, 6.45) is 0. The molecule has 0 N–H and O–H groups in total. The van der Waals surface area contributed by atoms with Crippen LogP contribution in [0.15, 0.2) is 34.8 Å². The molecule has 0 amide bonds. The number of halogens is 2. The quantitative estimate of drug-likeness (QED) is 0.588. The minimum atomic E-state index is 0.602. The second kappa shape index (κ2) is 6.77. The van der Waals surface area contributed by atoms with Gasteiger partial charge >= 0.3 is 0 Å². The monoisotopic (exact) mass is 396 g/mol. The lowest BCUT2D eigenvalue weighted by molar-refractivity contribution is 0.301. The van der Waals surface area contributed by atoms with E-state index in [0.29, 0.717) is 6.61 Å². The topological polar surface area (TPSA) is 9.23 Å². The predicted molar refractivity (Wildman–Crippen MR) is 91.8 cm³/mol. The average Bonchev–Trinajstić information content (AvgIpc) is 2.35. The normalized spacial score (nSPS) is 10.7. The average molecular weight is 398 g/mol. The van der Waals surface area contributed by atoms with Crippen molar-refractivity contribution in [2.45, 2.75) is 32.7 Å². The van der Waals surface area contributed by atoms with Gasteiger partial charge in [0.15, 0.2) is 0 Å². The van der Waals surface area contributed by atoms with E-state index in [1.807, 2.05) is 0 Å². The number of aryl methyl sites for hydroxylation is 3. The molecule has 2 rings (SSSR count). The molecule has 106 valence electrons. The van der Waals surface area contributed by atoms with E-state index in [-0.39, 0.29) is 0 Å². The van der Waals surface area contributed by atoms with Crippen LogP contribution in [0.4, 0.5) is 0 Å². The molecule has 0 bridgehead atoms. The first-order chi connectivity index (χ1) is 9.49. The number of alkyl halides is 1. The van der Waals surface area contributed by atoms with Crippen LogP contribution < -0.4 is 4.74 Å². The lowest BCUT2D eigenvalue weighted by atomic mass is 10.1. The van der Waals surface area contributed by atoms with Crippen LogP contribution in [-0.4, -0.2) is 0 Å². The molecule has 0 saturated carbocycles. The molecule has 2 aromatic carbocycles. The molecule has 0 saturated heterocycles. The highest BCUT2D eigenvalue weighted by Crippen LogP contribution is 2.30. The molecule has 1 nitrogen and oxygen atoms in total. The zero-order valence-corrected chi connectivity index (χ0v) is 15.1. The van der Waals surface area contributed by atoms with E-state index >= 15 is 0 Å². The highest BCUT2D eigenvalue weighted by molar-refractivity contribution is 9.10. The van der Waals surface area contributed by atoms with Crippen molar-refractivity contribution in [2.75, 3.05) is 0 Å². The Morgan fingerprint density at radius 3 is 2.20 bits per heavy atom. The Morgan fingerprint density at radius 1 is 0.950 bits per heavy atom. The van der Waals surface area contributed by atoms with E-state index in [0.717, 1.165) is 21.1 Å². The molecule has 0 aliphatic heterocycles. The molecule has 0 spiro atoms. The van der Waals surface area contributed by atoms with Gasteiger partial charge in [0.25, 0.3) is 0 Å². The fourth-order valence-electron chi connectivity index (χ4n) is 2.41. The van der Waals surface area contributed by atoms with Crippen molar-refractivity contribution in [1.82, 2.24) is 0 Å². The summed E-state index contributed by atoms with van der Waals surface area (Å²) < 4.78 is 7.15. The Labute approximate surface area is 137 Å². The zero-order chi connectivity index (χ0) is 14.7. The molecule has 0 aliphatic carbocycles. The summed E-state index contributed by atoms with van der Waals surface area (Å²) in [5.74, 6) is 0.976. The van der Waals surface area contributed by atoms with Crippen LogP contribution in [0, 0.1) is 20.8 Å². The largest absolute Gasteiger partial charge is 0.488 e. The Balaban J connectivity index is 2.22. The Kier molecular flexibility index (Phi) is 5.28. The minimum absolute atomic E-state index is 0.602. The highest BCUT2D eigenvalue weighted by Gasteiger charge is 2.09. The molecular weight excluding hydrogens is 380 g/mol. The van der Waals surface area contributed by atoms with Gasteiger partial charge in [0.05, 0.1) is 0 Å². The van der Waals surface area contributed by atoms with E-state index in [1.165, 1.54) is 22.3 Å². The summed E-state index contributed by atoms with van der Waals surface area (Å²) >= 11 is 7.05. The summed E-state index contributed by atoms with van der Waals surface area (Å²) in [6.45, 7) is 6.91. The van der Waals surface area contributed by atoms with Crippen LogP contribution in [0.2, 0.25) is 0 Å². The fourth-order valence-corrected chi connectivity index (χ4v) is 3.45. The number of hydrogen-bond acceptors (Lipinski definition) is 1. The van der Waals surface area contributed by atoms with Gasteiger partial charge in [-0.15, -0.1) is 0 Å². The van der Waals surface area contributed by atoms with Crippen molar-refractivity contribution in [2.24, 2.45) is 0 Å². The van der Waals surface area contributed by atoms with Crippen molar-refractivity contribution in [3.8, 4) is 5.75 Å².